The molecule has 5 rings (SSSR count). The van der Waals surface area contributed by atoms with Crippen molar-refractivity contribution in [2.75, 3.05) is 29.8 Å². The highest BCUT2D eigenvalue weighted by molar-refractivity contribution is 8.00. The standard InChI is InChI=1S/C29H31FN4OS2/c1-21-14-28(37-34(29-19-36-20-31-29)17-23-8-10-25(35-2)11-9-23)26(30)15-27(21)32-24-12-13-33(18-24)16-22-6-4-3-5-7-22/h3-11,14-15,19-20,24,32H,12-13,16-18H2,1-2H3. The molecule has 3 aromatic carbocycles. The van der Waals surface area contributed by atoms with Gasteiger partial charge in [-0.15, -0.1) is 11.3 Å². The first-order chi connectivity index (χ1) is 18.1. The van der Waals surface area contributed by atoms with Gasteiger partial charge in [0.15, 0.2) is 0 Å². The van der Waals surface area contributed by atoms with Crippen molar-refractivity contribution in [3.05, 3.63) is 100 Å². The molecule has 1 fully saturated rings. The average molecular weight is 535 g/mol. The third-order valence-electron chi connectivity index (χ3n) is 6.53. The van der Waals surface area contributed by atoms with Gasteiger partial charge in [-0.05, 0) is 66.2 Å². The van der Waals surface area contributed by atoms with Crippen molar-refractivity contribution >= 4 is 34.8 Å². The minimum absolute atomic E-state index is 0.229. The van der Waals surface area contributed by atoms with Crippen LogP contribution in [-0.2, 0) is 13.1 Å². The van der Waals surface area contributed by atoms with Crippen molar-refractivity contribution in [1.82, 2.24) is 9.88 Å². The molecule has 0 saturated carbocycles. The second-order valence-corrected chi connectivity index (χ2v) is 11.1. The Bertz CT molecular complexity index is 1290. The lowest BCUT2D eigenvalue weighted by atomic mass is 10.1. The van der Waals surface area contributed by atoms with Crippen LogP contribution in [0.4, 0.5) is 15.9 Å². The van der Waals surface area contributed by atoms with E-state index < -0.39 is 0 Å². The van der Waals surface area contributed by atoms with E-state index in [0.717, 1.165) is 54.4 Å². The Kier molecular flexibility index (Phi) is 8.28. The van der Waals surface area contributed by atoms with E-state index in [1.54, 1.807) is 18.7 Å². The molecule has 0 bridgehead atoms. The van der Waals surface area contributed by atoms with Crippen molar-refractivity contribution in [2.45, 2.75) is 37.4 Å². The van der Waals surface area contributed by atoms with Gasteiger partial charge >= 0.3 is 0 Å². The van der Waals surface area contributed by atoms with E-state index >= 15 is 4.39 Å². The Hall–Kier alpha value is -3.07. The summed E-state index contributed by atoms with van der Waals surface area (Å²) in [6.07, 6.45) is 1.05. The van der Waals surface area contributed by atoms with Crippen LogP contribution < -0.4 is 14.4 Å². The van der Waals surface area contributed by atoms with Crippen molar-refractivity contribution < 1.29 is 9.13 Å². The molecular weight excluding hydrogens is 503 g/mol. The zero-order chi connectivity index (χ0) is 25.6. The van der Waals surface area contributed by atoms with Gasteiger partial charge in [0.25, 0.3) is 0 Å². The molecule has 37 heavy (non-hydrogen) atoms. The first kappa shape index (κ1) is 25.6. The summed E-state index contributed by atoms with van der Waals surface area (Å²) >= 11 is 2.91. The molecule has 1 aromatic heterocycles. The molecule has 4 aromatic rings. The smallest absolute Gasteiger partial charge is 0.150 e. The van der Waals surface area contributed by atoms with Crippen LogP contribution in [0, 0.1) is 12.7 Å². The topological polar surface area (TPSA) is 40.6 Å². The van der Waals surface area contributed by atoms with Gasteiger partial charge in [0, 0.05) is 36.7 Å². The highest BCUT2D eigenvalue weighted by Crippen LogP contribution is 2.35. The molecule has 8 heteroatoms. The number of aromatic nitrogens is 1. The molecule has 0 amide bonds. The quantitative estimate of drug-likeness (QED) is 0.221. The summed E-state index contributed by atoms with van der Waals surface area (Å²) in [5, 5.41) is 5.58. The molecule has 5 nitrogen and oxygen atoms in total. The van der Waals surface area contributed by atoms with Crippen LogP contribution in [0.2, 0.25) is 0 Å². The fourth-order valence-electron chi connectivity index (χ4n) is 4.54. The molecular formula is C29H31FN4OS2. The molecule has 0 spiro atoms. The van der Waals surface area contributed by atoms with Gasteiger partial charge < -0.3 is 10.1 Å². The fourth-order valence-corrected chi connectivity index (χ4v) is 6.17. The number of benzene rings is 3. The lowest BCUT2D eigenvalue weighted by Gasteiger charge is -2.23. The average Bonchev–Trinajstić information content (AvgIpc) is 3.60. The highest BCUT2D eigenvalue weighted by atomic mass is 32.2. The fraction of sp³-hybridized carbons (Fsp3) is 0.276. The Morgan fingerprint density at radius 3 is 2.68 bits per heavy atom. The van der Waals surface area contributed by atoms with Crippen molar-refractivity contribution in [2.24, 2.45) is 0 Å². The summed E-state index contributed by atoms with van der Waals surface area (Å²) in [7, 11) is 1.66. The molecule has 1 aliphatic heterocycles. The maximum atomic E-state index is 15.4. The van der Waals surface area contributed by atoms with Crippen LogP contribution in [0.1, 0.15) is 23.1 Å². The number of aryl methyl sites for hydroxylation is 1. The predicted octanol–water partition coefficient (Wildman–Crippen LogP) is 7.00. The first-order valence-electron chi connectivity index (χ1n) is 12.4. The normalized spacial score (nSPS) is 15.6. The van der Waals surface area contributed by atoms with Gasteiger partial charge in [-0.2, -0.15) is 0 Å². The number of thiazole rings is 1. The number of halogens is 1. The van der Waals surface area contributed by atoms with Gasteiger partial charge in [0.05, 0.1) is 24.1 Å². The van der Waals surface area contributed by atoms with Crippen LogP contribution >= 0.6 is 23.3 Å². The monoisotopic (exact) mass is 534 g/mol. The lowest BCUT2D eigenvalue weighted by Crippen LogP contribution is -2.26. The molecule has 1 N–H and O–H groups in total. The van der Waals surface area contributed by atoms with Crippen LogP contribution in [0.5, 0.6) is 5.75 Å². The zero-order valence-electron chi connectivity index (χ0n) is 21.1. The van der Waals surface area contributed by atoms with Gasteiger partial charge in [-0.1, -0.05) is 42.5 Å². The highest BCUT2D eigenvalue weighted by Gasteiger charge is 2.23. The second-order valence-electron chi connectivity index (χ2n) is 9.27. The zero-order valence-corrected chi connectivity index (χ0v) is 22.7. The van der Waals surface area contributed by atoms with Gasteiger partial charge in [-0.25, -0.2) is 9.37 Å². The number of rotatable bonds is 10. The summed E-state index contributed by atoms with van der Waals surface area (Å²) in [6.45, 7) is 5.57. The number of likely N-dealkylation sites (tertiary alicyclic amines) is 1. The van der Waals surface area contributed by atoms with Gasteiger partial charge in [-0.3, -0.25) is 9.21 Å². The minimum Gasteiger partial charge on any atom is -0.497 e. The summed E-state index contributed by atoms with van der Waals surface area (Å²) < 4.78 is 22.7. The van der Waals surface area contributed by atoms with E-state index in [1.807, 2.05) is 53.0 Å². The molecule has 1 unspecified atom stereocenters. The number of ether oxygens (including phenoxy) is 1. The first-order valence-corrected chi connectivity index (χ1v) is 14.1. The Morgan fingerprint density at radius 2 is 1.95 bits per heavy atom. The third-order valence-corrected chi connectivity index (χ3v) is 8.15. The minimum atomic E-state index is -0.229. The summed E-state index contributed by atoms with van der Waals surface area (Å²) in [6, 6.07) is 22.4. The SMILES string of the molecule is COc1ccc(CN(Sc2cc(C)c(NC3CCN(Cc4ccccc4)C3)cc2F)c2cscn2)cc1. The summed E-state index contributed by atoms with van der Waals surface area (Å²) in [5.74, 6) is 1.40. The molecule has 0 aliphatic carbocycles. The van der Waals surface area contributed by atoms with E-state index in [9.17, 15) is 0 Å². The van der Waals surface area contributed by atoms with E-state index in [-0.39, 0.29) is 5.82 Å². The maximum Gasteiger partial charge on any atom is 0.150 e. The summed E-state index contributed by atoms with van der Waals surface area (Å²) in [5.41, 5.74) is 6.12. The Balaban J connectivity index is 1.26. The number of hydrogen-bond acceptors (Lipinski definition) is 7. The molecule has 1 atom stereocenters. The number of hydrogen-bond donors (Lipinski definition) is 1. The second kappa shape index (κ2) is 12.0. The van der Waals surface area contributed by atoms with E-state index in [1.165, 1.54) is 28.8 Å². The third kappa shape index (κ3) is 6.63. The van der Waals surface area contributed by atoms with Crippen molar-refractivity contribution in [3.63, 3.8) is 0 Å². The van der Waals surface area contributed by atoms with Gasteiger partial charge in [0.2, 0.25) is 0 Å². The van der Waals surface area contributed by atoms with Crippen molar-refractivity contribution in [1.29, 1.82) is 0 Å². The van der Waals surface area contributed by atoms with Crippen LogP contribution in [-0.4, -0.2) is 36.1 Å². The lowest BCUT2D eigenvalue weighted by molar-refractivity contribution is 0.328. The predicted molar refractivity (Wildman–Crippen MR) is 152 cm³/mol. The van der Waals surface area contributed by atoms with Crippen LogP contribution in [0.3, 0.4) is 0 Å². The Morgan fingerprint density at radius 1 is 1.14 bits per heavy atom. The van der Waals surface area contributed by atoms with Crippen LogP contribution in [0.25, 0.3) is 0 Å². The maximum absolute atomic E-state index is 15.4. The summed E-state index contributed by atoms with van der Waals surface area (Å²) in [4.78, 5) is 7.51. The molecule has 2 heterocycles. The molecule has 1 aliphatic rings. The Labute approximate surface area is 226 Å². The van der Waals surface area contributed by atoms with Crippen LogP contribution in [0.15, 0.2) is 82.5 Å². The molecule has 0 radical (unpaired) electrons. The van der Waals surface area contributed by atoms with E-state index in [2.05, 4.69) is 39.5 Å². The molecule has 1 saturated heterocycles. The number of methoxy groups -OCH3 is 1. The van der Waals surface area contributed by atoms with E-state index in [0.29, 0.717) is 17.5 Å². The number of nitrogens with one attached hydrogen (secondary N) is 1. The molecule has 192 valence electrons. The van der Waals surface area contributed by atoms with Gasteiger partial charge in [0.1, 0.15) is 17.4 Å². The number of anilines is 2. The van der Waals surface area contributed by atoms with E-state index in [4.69, 9.17) is 4.74 Å². The number of nitrogens with zero attached hydrogens (tertiary/aromatic N) is 3. The van der Waals surface area contributed by atoms with Crippen molar-refractivity contribution in [3.8, 4) is 5.75 Å². The largest absolute Gasteiger partial charge is 0.497 e.